The van der Waals surface area contributed by atoms with Crippen molar-refractivity contribution in [2.24, 2.45) is 5.92 Å². The van der Waals surface area contributed by atoms with Gasteiger partial charge >= 0.3 is 0 Å². The van der Waals surface area contributed by atoms with Crippen LogP contribution in [0.25, 0.3) is 6.08 Å². The number of hydrogen-bond acceptors (Lipinski definition) is 2. The highest BCUT2D eigenvalue weighted by Crippen LogP contribution is 2.22. The van der Waals surface area contributed by atoms with Crippen LogP contribution in [-0.2, 0) is 0 Å². The Morgan fingerprint density at radius 2 is 2.06 bits per heavy atom. The van der Waals surface area contributed by atoms with Crippen molar-refractivity contribution < 1.29 is 0 Å². The second-order valence-corrected chi connectivity index (χ2v) is 5.06. The molecule has 1 aromatic rings. The Labute approximate surface area is 113 Å². The fourth-order valence-corrected chi connectivity index (χ4v) is 2.45. The minimum atomic E-state index is 0.556. The lowest BCUT2D eigenvalue weighted by molar-refractivity contribution is 0.225. The number of allylic oxidation sites excluding steroid dienone is 1. The van der Waals surface area contributed by atoms with E-state index in [1.165, 1.54) is 0 Å². The second kappa shape index (κ2) is 6.58. The Morgan fingerprint density at radius 3 is 2.72 bits per heavy atom. The summed E-state index contributed by atoms with van der Waals surface area (Å²) in [5, 5.41) is 9.45. The molecule has 1 heterocycles. The van der Waals surface area contributed by atoms with Gasteiger partial charge in [0.15, 0.2) is 0 Å². The second-order valence-electron chi connectivity index (χ2n) is 4.65. The lowest BCUT2D eigenvalue weighted by Gasteiger charge is -2.28. The molecule has 0 saturated carbocycles. The molecule has 94 valence electrons. The van der Waals surface area contributed by atoms with E-state index >= 15 is 0 Å². The Bertz CT molecular complexity index is 454. The topological polar surface area (TPSA) is 27.0 Å². The third kappa shape index (κ3) is 3.60. The summed E-state index contributed by atoms with van der Waals surface area (Å²) in [6.07, 6.45) is 6.63. The van der Waals surface area contributed by atoms with Crippen LogP contribution in [0.3, 0.4) is 0 Å². The van der Waals surface area contributed by atoms with Crippen LogP contribution in [0.2, 0.25) is 5.02 Å². The highest BCUT2D eigenvalue weighted by Gasteiger charge is 2.16. The van der Waals surface area contributed by atoms with Crippen molar-refractivity contribution in [2.75, 3.05) is 19.6 Å². The molecule has 1 fully saturated rings. The first-order valence-corrected chi connectivity index (χ1v) is 6.69. The van der Waals surface area contributed by atoms with Gasteiger partial charge in [-0.05, 0) is 43.5 Å². The fraction of sp³-hybridized carbons (Fsp3) is 0.400. The van der Waals surface area contributed by atoms with Crippen LogP contribution < -0.4 is 0 Å². The van der Waals surface area contributed by atoms with Gasteiger partial charge in [0.05, 0.1) is 12.6 Å². The van der Waals surface area contributed by atoms with Gasteiger partial charge in [0.1, 0.15) is 0 Å². The molecule has 0 N–H and O–H groups in total. The molecule has 3 heteroatoms. The zero-order valence-corrected chi connectivity index (χ0v) is 11.1. The van der Waals surface area contributed by atoms with Gasteiger partial charge in [-0.25, -0.2) is 0 Å². The van der Waals surface area contributed by atoms with E-state index in [2.05, 4.69) is 23.1 Å². The van der Waals surface area contributed by atoms with Crippen LogP contribution in [0, 0.1) is 17.2 Å². The summed E-state index contributed by atoms with van der Waals surface area (Å²) in [6, 6.07) is 10.1. The summed E-state index contributed by atoms with van der Waals surface area (Å²) in [7, 11) is 0. The average molecular weight is 261 g/mol. The molecule has 0 unspecified atom stereocenters. The summed E-state index contributed by atoms with van der Waals surface area (Å²) in [5.41, 5.74) is 1.08. The number of nitriles is 1. The van der Waals surface area contributed by atoms with Gasteiger partial charge in [0, 0.05) is 5.02 Å². The normalized spacial score (nSPS) is 18.0. The van der Waals surface area contributed by atoms with Gasteiger partial charge in [0.2, 0.25) is 0 Å². The maximum atomic E-state index is 8.65. The van der Waals surface area contributed by atoms with Crippen molar-refractivity contribution in [1.29, 1.82) is 5.26 Å². The van der Waals surface area contributed by atoms with Gasteiger partial charge in [-0.15, -0.1) is 0 Å². The summed E-state index contributed by atoms with van der Waals surface area (Å²) in [4.78, 5) is 2.21. The van der Waals surface area contributed by atoms with E-state index in [1.807, 2.05) is 24.3 Å². The highest BCUT2D eigenvalue weighted by molar-refractivity contribution is 6.32. The Morgan fingerprint density at radius 1 is 1.33 bits per heavy atom. The quantitative estimate of drug-likeness (QED) is 0.777. The highest BCUT2D eigenvalue weighted by atomic mass is 35.5. The first-order chi connectivity index (χ1) is 8.79. The molecule has 0 amide bonds. The Kier molecular flexibility index (Phi) is 4.81. The number of halogens is 1. The number of hydrogen-bond donors (Lipinski definition) is 0. The summed E-state index contributed by atoms with van der Waals surface area (Å²) >= 11 is 6.11. The summed E-state index contributed by atoms with van der Waals surface area (Å²) in [6.45, 7) is 2.59. The van der Waals surface area contributed by atoms with E-state index in [-0.39, 0.29) is 0 Å². The standard InChI is InChI=1S/C15H17ClN2/c16-15-4-2-1-3-14(15)6-5-13-7-10-18(11-8-13)12-9-17/h1-6,13H,7-8,10-12H2. The maximum absolute atomic E-state index is 8.65. The molecule has 0 radical (unpaired) electrons. The molecule has 0 aliphatic carbocycles. The molecule has 0 aromatic heterocycles. The van der Waals surface area contributed by atoms with Gasteiger partial charge in [-0.3, -0.25) is 4.90 Å². The minimum absolute atomic E-state index is 0.556. The van der Waals surface area contributed by atoms with Crippen LogP contribution >= 0.6 is 11.6 Å². The maximum Gasteiger partial charge on any atom is 0.0865 e. The van der Waals surface area contributed by atoms with Gasteiger partial charge in [0.25, 0.3) is 0 Å². The number of benzene rings is 1. The fourth-order valence-electron chi connectivity index (χ4n) is 2.25. The zero-order valence-electron chi connectivity index (χ0n) is 10.3. The van der Waals surface area contributed by atoms with Crippen molar-refractivity contribution in [3.8, 4) is 6.07 Å². The number of rotatable bonds is 3. The van der Waals surface area contributed by atoms with E-state index in [9.17, 15) is 0 Å². The lowest BCUT2D eigenvalue weighted by atomic mass is 9.95. The van der Waals surface area contributed by atoms with E-state index in [4.69, 9.17) is 16.9 Å². The Balaban J connectivity index is 1.89. The molecule has 2 rings (SSSR count). The predicted octanol–water partition coefficient (Wildman–Crippen LogP) is 3.59. The molecule has 1 saturated heterocycles. The van der Waals surface area contributed by atoms with Crippen molar-refractivity contribution in [3.63, 3.8) is 0 Å². The lowest BCUT2D eigenvalue weighted by Crippen LogP contribution is -2.33. The molecule has 2 nitrogen and oxygen atoms in total. The van der Waals surface area contributed by atoms with Crippen LogP contribution in [0.15, 0.2) is 30.3 Å². The van der Waals surface area contributed by atoms with Crippen molar-refractivity contribution in [2.45, 2.75) is 12.8 Å². The van der Waals surface area contributed by atoms with Gasteiger partial charge in [-0.2, -0.15) is 5.26 Å². The van der Waals surface area contributed by atoms with Crippen molar-refractivity contribution >= 4 is 17.7 Å². The van der Waals surface area contributed by atoms with E-state index in [0.717, 1.165) is 36.5 Å². The molecular formula is C15H17ClN2. The van der Waals surface area contributed by atoms with Crippen LogP contribution in [0.1, 0.15) is 18.4 Å². The molecule has 1 aliphatic heterocycles. The van der Waals surface area contributed by atoms with Crippen LogP contribution in [-0.4, -0.2) is 24.5 Å². The molecule has 1 aliphatic rings. The van der Waals surface area contributed by atoms with Crippen molar-refractivity contribution in [3.05, 3.63) is 40.9 Å². The van der Waals surface area contributed by atoms with Crippen molar-refractivity contribution in [1.82, 2.24) is 4.90 Å². The number of piperidine rings is 1. The number of nitrogens with zero attached hydrogens (tertiary/aromatic N) is 2. The minimum Gasteiger partial charge on any atom is -0.291 e. The van der Waals surface area contributed by atoms with E-state index in [0.29, 0.717) is 12.5 Å². The summed E-state index contributed by atoms with van der Waals surface area (Å²) < 4.78 is 0. The average Bonchev–Trinajstić information content (AvgIpc) is 2.40. The zero-order chi connectivity index (χ0) is 12.8. The summed E-state index contributed by atoms with van der Waals surface area (Å²) in [5.74, 6) is 0.608. The van der Waals surface area contributed by atoms with E-state index in [1.54, 1.807) is 0 Å². The Hall–Kier alpha value is -1.30. The molecule has 0 atom stereocenters. The molecular weight excluding hydrogens is 244 g/mol. The molecule has 1 aromatic carbocycles. The largest absolute Gasteiger partial charge is 0.291 e. The van der Waals surface area contributed by atoms with Crippen LogP contribution in [0.4, 0.5) is 0 Å². The van der Waals surface area contributed by atoms with Gasteiger partial charge in [-0.1, -0.05) is 42.0 Å². The predicted molar refractivity (Wildman–Crippen MR) is 75.3 cm³/mol. The smallest absolute Gasteiger partial charge is 0.0865 e. The van der Waals surface area contributed by atoms with Gasteiger partial charge < -0.3 is 0 Å². The molecule has 18 heavy (non-hydrogen) atoms. The first-order valence-electron chi connectivity index (χ1n) is 6.31. The SMILES string of the molecule is N#CCN1CCC(C=Cc2ccccc2Cl)CC1. The van der Waals surface area contributed by atoms with E-state index < -0.39 is 0 Å². The van der Waals surface area contributed by atoms with Crippen LogP contribution in [0.5, 0.6) is 0 Å². The third-order valence-corrected chi connectivity index (χ3v) is 3.72. The molecule has 0 spiro atoms. The number of likely N-dealkylation sites (tertiary alicyclic amines) is 1. The molecule has 0 bridgehead atoms. The third-order valence-electron chi connectivity index (χ3n) is 3.38. The monoisotopic (exact) mass is 260 g/mol. The first kappa shape index (κ1) is 13.1.